The van der Waals surface area contributed by atoms with Gasteiger partial charge in [-0.1, -0.05) is 18.2 Å². The van der Waals surface area contributed by atoms with Crippen LogP contribution in [0.25, 0.3) is 10.9 Å². The largest absolute Gasteiger partial charge is 0.507 e. The molecule has 2 aromatic carbocycles. The molecule has 0 aliphatic carbocycles. The predicted molar refractivity (Wildman–Crippen MR) is 75.5 cm³/mol. The van der Waals surface area contributed by atoms with E-state index in [1.54, 1.807) is 6.07 Å². The summed E-state index contributed by atoms with van der Waals surface area (Å²) in [5.74, 6) is 1.14. The number of hydrogen-bond donors (Lipinski definition) is 2. The van der Waals surface area contributed by atoms with Crippen molar-refractivity contribution in [2.24, 2.45) is 0 Å². The number of aryl methyl sites for hydroxylation is 1. The zero-order valence-electron chi connectivity index (χ0n) is 10.7. The van der Waals surface area contributed by atoms with E-state index in [-0.39, 0.29) is 5.75 Å². The van der Waals surface area contributed by atoms with Crippen molar-refractivity contribution >= 4 is 10.9 Å². The summed E-state index contributed by atoms with van der Waals surface area (Å²) in [6.07, 6.45) is 0. The normalized spacial score (nSPS) is 10.8. The standard InChI is InChI=1S/C16H15NO2/c1-11-4-2-5-13(8-11)19-10-12-9-14-15(17-12)6-3-7-16(14)18/h2-9,17-18H,10H2,1H3. The smallest absolute Gasteiger partial charge is 0.128 e. The summed E-state index contributed by atoms with van der Waals surface area (Å²) < 4.78 is 5.73. The van der Waals surface area contributed by atoms with E-state index in [4.69, 9.17) is 4.74 Å². The van der Waals surface area contributed by atoms with E-state index in [9.17, 15) is 5.11 Å². The Morgan fingerprint density at radius 2 is 1.95 bits per heavy atom. The molecule has 0 aliphatic rings. The number of hydrogen-bond acceptors (Lipinski definition) is 2. The third-order valence-electron chi connectivity index (χ3n) is 3.08. The minimum absolute atomic E-state index is 0.288. The van der Waals surface area contributed by atoms with Gasteiger partial charge in [-0.2, -0.15) is 0 Å². The lowest BCUT2D eigenvalue weighted by Crippen LogP contribution is -1.95. The number of phenols is 1. The number of benzene rings is 2. The van der Waals surface area contributed by atoms with Gasteiger partial charge in [-0.15, -0.1) is 0 Å². The molecule has 0 spiro atoms. The van der Waals surface area contributed by atoms with E-state index >= 15 is 0 Å². The molecule has 0 bridgehead atoms. The zero-order chi connectivity index (χ0) is 13.2. The number of phenolic OH excluding ortho intramolecular Hbond substituents is 1. The molecule has 3 aromatic rings. The molecule has 0 unspecified atom stereocenters. The molecular weight excluding hydrogens is 238 g/mol. The van der Waals surface area contributed by atoms with E-state index < -0.39 is 0 Å². The van der Waals surface area contributed by atoms with Crippen LogP contribution in [0.4, 0.5) is 0 Å². The van der Waals surface area contributed by atoms with Gasteiger partial charge in [0.2, 0.25) is 0 Å². The van der Waals surface area contributed by atoms with Crippen LogP contribution in [0.15, 0.2) is 48.5 Å². The van der Waals surface area contributed by atoms with Gasteiger partial charge in [-0.25, -0.2) is 0 Å². The number of aromatic hydroxyl groups is 1. The lowest BCUT2D eigenvalue weighted by Gasteiger charge is -2.05. The maximum atomic E-state index is 9.75. The third kappa shape index (κ3) is 2.40. The van der Waals surface area contributed by atoms with Crippen LogP contribution in [0, 0.1) is 6.92 Å². The van der Waals surface area contributed by atoms with Crippen LogP contribution in [0.1, 0.15) is 11.3 Å². The SMILES string of the molecule is Cc1cccc(OCc2cc3c(O)cccc3[nH]2)c1. The summed E-state index contributed by atoms with van der Waals surface area (Å²) in [6, 6.07) is 15.3. The zero-order valence-corrected chi connectivity index (χ0v) is 10.7. The number of nitrogens with one attached hydrogen (secondary N) is 1. The molecular formula is C16H15NO2. The molecule has 0 aliphatic heterocycles. The second kappa shape index (κ2) is 4.69. The Labute approximate surface area is 111 Å². The highest BCUT2D eigenvalue weighted by molar-refractivity contribution is 5.86. The summed E-state index contributed by atoms with van der Waals surface area (Å²) in [6.45, 7) is 2.49. The Hall–Kier alpha value is -2.42. The molecule has 3 nitrogen and oxygen atoms in total. The van der Waals surface area contributed by atoms with Crippen LogP contribution >= 0.6 is 0 Å². The molecule has 19 heavy (non-hydrogen) atoms. The van der Waals surface area contributed by atoms with Crippen LogP contribution in [0.3, 0.4) is 0 Å². The first-order chi connectivity index (χ1) is 9.22. The highest BCUT2D eigenvalue weighted by Crippen LogP contribution is 2.25. The summed E-state index contributed by atoms with van der Waals surface area (Å²) >= 11 is 0. The topological polar surface area (TPSA) is 45.2 Å². The van der Waals surface area contributed by atoms with E-state index in [0.717, 1.165) is 22.3 Å². The lowest BCUT2D eigenvalue weighted by molar-refractivity contribution is 0.302. The highest BCUT2D eigenvalue weighted by atomic mass is 16.5. The average Bonchev–Trinajstić information content (AvgIpc) is 2.81. The lowest BCUT2D eigenvalue weighted by atomic mass is 10.2. The van der Waals surface area contributed by atoms with Gasteiger partial charge in [0, 0.05) is 10.9 Å². The van der Waals surface area contributed by atoms with Gasteiger partial charge in [0.15, 0.2) is 0 Å². The van der Waals surface area contributed by atoms with Crippen molar-refractivity contribution in [3.05, 3.63) is 59.8 Å². The molecule has 1 aromatic heterocycles. The fourth-order valence-corrected chi connectivity index (χ4v) is 2.14. The number of H-pyrrole nitrogens is 1. The molecule has 96 valence electrons. The fraction of sp³-hybridized carbons (Fsp3) is 0.125. The number of fused-ring (bicyclic) bond motifs is 1. The van der Waals surface area contributed by atoms with Crippen molar-refractivity contribution in [3.8, 4) is 11.5 Å². The van der Waals surface area contributed by atoms with Gasteiger partial charge in [0.1, 0.15) is 18.1 Å². The van der Waals surface area contributed by atoms with Crippen LogP contribution in [-0.4, -0.2) is 10.1 Å². The average molecular weight is 253 g/mol. The molecule has 0 radical (unpaired) electrons. The van der Waals surface area contributed by atoms with E-state index in [1.807, 2.05) is 49.4 Å². The maximum absolute atomic E-state index is 9.75. The van der Waals surface area contributed by atoms with E-state index in [2.05, 4.69) is 4.98 Å². The van der Waals surface area contributed by atoms with Crippen molar-refractivity contribution in [2.75, 3.05) is 0 Å². The minimum Gasteiger partial charge on any atom is -0.507 e. The summed E-state index contributed by atoms with van der Waals surface area (Å²) in [7, 11) is 0. The Balaban J connectivity index is 1.80. The summed E-state index contributed by atoms with van der Waals surface area (Å²) in [5, 5.41) is 10.6. The second-order valence-corrected chi connectivity index (χ2v) is 4.64. The Kier molecular flexibility index (Phi) is 2.88. The van der Waals surface area contributed by atoms with Crippen molar-refractivity contribution < 1.29 is 9.84 Å². The van der Waals surface area contributed by atoms with Crippen molar-refractivity contribution in [2.45, 2.75) is 13.5 Å². The van der Waals surface area contributed by atoms with Crippen LogP contribution in [-0.2, 0) is 6.61 Å². The van der Waals surface area contributed by atoms with Gasteiger partial charge in [-0.3, -0.25) is 0 Å². The van der Waals surface area contributed by atoms with Crippen LogP contribution < -0.4 is 4.74 Å². The number of rotatable bonds is 3. The van der Waals surface area contributed by atoms with Gasteiger partial charge in [0.05, 0.1) is 5.69 Å². The van der Waals surface area contributed by atoms with Crippen LogP contribution in [0.5, 0.6) is 11.5 Å². The number of ether oxygens (including phenoxy) is 1. The van der Waals surface area contributed by atoms with E-state index in [0.29, 0.717) is 6.61 Å². The monoisotopic (exact) mass is 253 g/mol. The van der Waals surface area contributed by atoms with Crippen molar-refractivity contribution in [3.63, 3.8) is 0 Å². The minimum atomic E-state index is 0.288. The number of aromatic amines is 1. The first-order valence-electron chi connectivity index (χ1n) is 6.21. The Morgan fingerprint density at radius 1 is 1.11 bits per heavy atom. The molecule has 0 saturated carbocycles. The first-order valence-corrected chi connectivity index (χ1v) is 6.21. The van der Waals surface area contributed by atoms with Gasteiger partial charge in [0.25, 0.3) is 0 Å². The van der Waals surface area contributed by atoms with Gasteiger partial charge in [-0.05, 0) is 42.8 Å². The van der Waals surface area contributed by atoms with Crippen molar-refractivity contribution in [1.29, 1.82) is 0 Å². The Bertz CT molecular complexity index is 716. The molecule has 2 N–H and O–H groups in total. The summed E-state index contributed by atoms with van der Waals surface area (Å²) in [4.78, 5) is 3.24. The van der Waals surface area contributed by atoms with Crippen LogP contribution in [0.2, 0.25) is 0 Å². The first kappa shape index (κ1) is 11.7. The molecule has 1 heterocycles. The van der Waals surface area contributed by atoms with Crippen molar-refractivity contribution in [1.82, 2.24) is 4.98 Å². The molecule has 3 heteroatoms. The fourth-order valence-electron chi connectivity index (χ4n) is 2.14. The second-order valence-electron chi connectivity index (χ2n) is 4.64. The third-order valence-corrected chi connectivity index (χ3v) is 3.08. The molecule has 0 fully saturated rings. The van der Waals surface area contributed by atoms with E-state index in [1.165, 1.54) is 5.56 Å². The maximum Gasteiger partial charge on any atom is 0.128 e. The quantitative estimate of drug-likeness (QED) is 0.746. The molecule has 0 atom stereocenters. The summed E-state index contributed by atoms with van der Waals surface area (Å²) in [5.41, 5.74) is 3.03. The highest BCUT2D eigenvalue weighted by Gasteiger charge is 2.05. The number of aromatic nitrogens is 1. The Morgan fingerprint density at radius 3 is 2.74 bits per heavy atom. The van der Waals surface area contributed by atoms with Gasteiger partial charge >= 0.3 is 0 Å². The molecule has 0 amide bonds. The molecule has 3 rings (SSSR count). The predicted octanol–water partition coefficient (Wildman–Crippen LogP) is 3.76. The van der Waals surface area contributed by atoms with Gasteiger partial charge < -0.3 is 14.8 Å². The molecule has 0 saturated heterocycles.